The topological polar surface area (TPSA) is 49.4 Å². The van der Waals surface area contributed by atoms with Crippen LogP contribution >= 0.6 is 0 Å². The van der Waals surface area contributed by atoms with Crippen LogP contribution in [0.25, 0.3) is 0 Å². The Morgan fingerprint density at radius 2 is 2.14 bits per heavy atom. The Hall–Kier alpha value is -0.980. The standard InChI is InChI=1S/C16H25FN2O2S/c1-12-7-8-15(17)16(10-12)22(20,21)18-11-14(3)19-9-5-4-6-13(19)2/h7-8,10,13-14,18H,4-6,9,11H2,1-3H3/t13-,14+/m1/s1. The quantitative estimate of drug-likeness (QED) is 0.904. The molecule has 0 amide bonds. The van der Waals surface area contributed by atoms with Gasteiger partial charge in [0.1, 0.15) is 10.7 Å². The Kier molecular flexibility index (Phi) is 5.58. The third kappa shape index (κ3) is 4.06. The molecule has 2 atom stereocenters. The minimum absolute atomic E-state index is 0.0953. The number of nitrogens with zero attached hydrogens (tertiary/aromatic N) is 1. The molecule has 0 aromatic heterocycles. The van der Waals surface area contributed by atoms with Crippen molar-refractivity contribution in [2.24, 2.45) is 0 Å². The van der Waals surface area contributed by atoms with Crippen LogP contribution in [0.2, 0.25) is 0 Å². The minimum Gasteiger partial charge on any atom is -0.297 e. The summed E-state index contributed by atoms with van der Waals surface area (Å²) in [4.78, 5) is 2.05. The molecule has 1 N–H and O–H groups in total. The van der Waals surface area contributed by atoms with Crippen LogP contribution in [0, 0.1) is 12.7 Å². The molecule has 1 saturated heterocycles. The predicted molar refractivity (Wildman–Crippen MR) is 85.8 cm³/mol. The second kappa shape index (κ2) is 7.06. The first-order valence-electron chi connectivity index (χ1n) is 7.83. The number of piperidine rings is 1. The van der Waals surface area contributed by atoms with Crippen LogP contribution in [0.4, 0.5) is 4.39 Å². The van der Waals surface area contributed by atoms with E-state index in [1.807, 2.05) is 6.92 Å². The van der Waals surface area contributed by atoms with Crippen molar-refractivity contribution in [1.82, 2.24) is 9.62 Å². The molecule has 1 aromatic carbocycles. The average molecular weight is 328 g/mol. The van der Waals surface area contributed by atoms with Gasteiger partial charge in [-0.05, 0) is 57.9 Å². The van der Waals surface area contributed by atoms with E-state index in [9.17, 15) is 12.8 Å². The van der Waals surface area contributed by atoms with Gasteiger partial charge >= 0.3 is 0 Å². The Balaban J connectivity index is 2.04. The van der Waals surface area contributed by atoms with E-state index >= 15 is 0 Å². The van der Waals surface area contributed by atoms with E-state index in [0.717, 1.165) is 24.9 Å². The lowest BCUT2D eigenvalue weighted by Gasteiger charge is -2.38. The average Bonchev–Trinajstić information content (AvgIpc) is 2.48. The van der Waals surface area contributed by atoms with Crippen molar-refractivity contribution < 1.29 is 12.8 Å². The van der Waals surface area contributed by atoms with Crippen molar-refractivity contribution in [1.29, 1.82) is 0 Å². The number of hydrogen-bond acceptors (Lipinski definition) is 3. The maximum absolute atomic E-state index is 13.8. The fourth-order valence-corrected chi connectivity index (χ4v) is 4.30. The maximum atomic E-state index is 13.8. The molecular formula is C16H25FN2O2S. The van der Waals surface area contributed by atoms with Gasteiger partial charge in [-0.25, -0.2) is 17.5 Å². The molecule has 1 heterocycles. The number of aryl methyl sites for hydroxylation is 1. The summed E-state index contributed by atoms with van der Waals surface area (Å²) in [6, 6.07) is 4.68. The highest BCUT2D eigenvalue weighted by molar-refractivity contribution is 7.89. The van der Waals surface area contributed by atoms with Crippen molar-refractivity contribution in [3.8, 4) is 0 Å². The molecule has 1 aliphatic heterocycles. The second-order valence-corrected chi connectivity index (χ2v) is 7.95. The molecule has 2 rings (SSSR count). The smallest absolute Gasteiger partial charge is 0.243 e. The molecule has 22 heavy (non-hydrogen) atoms. The monoisotopic (exact) mass is 328 g/mol. The first-order valence-corrected chi connectivity index (χ1v) is 9.31. The van der Waals surface area contributed by atoms with Crippen molar-refractivity contribution in [3.63, 3.8) is 0 Å². The van der Waals surface area contributed by atoms with Gasteiger partial charge in [0.15, 0.2) is 0 Å². The van der Waals surface area contributed by atoms with Gasteiger partial charge in [-0.3, -0.25) is 4.90 Å². The van der Waals surface area contributed by atoms with Crippen LogP contribution in [-0.2, 0) is 10.0 Å². The van der Waals surface area contributed by atoms with Gasteiger partial charge < -0.3 is 0 Å². The van der Waals surface area contributed by atoms with E-state index in [1.54, 1.807) is 13.0 Å². The van der Waals surface area contributed by atoms with Gasteiger partial charge in [-0.1, -0.05) is 12.5 Å². The van der Waals surface area contributed by atoms with E-state index in [-0.39, 0.29) is 10.9 Å². The summed E-state index contributed by atoms with van der Waals surface area (Å²) in [6.07, 6.45) is 3.52. The molecule has 4 nitrogen and oxygen atoms in total. The van der Waals surface area contributed by atoms with Crippen LogP contribution in [0.5, 0.6) is 0 Å². The summed E-state index contributed by atoms with van der Waals surface area (Å²) >= 11 is 0. The third-order valence-corrected chi connectivity index (χ3v) is 5.80. The number of benzene rings is 1. The number of hydrogen-bond donors (Lipinski definition) is 1. The first-order chi connectivity index (χ1) is 10.3. The zero-order valence-corrected chi connectivity index (χ0v) is 14.3. The van der Waals surface area contributed by atoms with Crippen LogP contribution < -0.4 is 4.72 Å². The summed E-state index contributed by atoms with van der Waals surface area (Å²) in [5.74, 6) is -0.711. The van der Waals surface area contributed by atoms with E-state index in [4.69, 9.17) is 0 Å². The molecule has 0 bridgehead atoms. The zero-order valence-electron chi connectivity index (χ0n) is 13.5. The molecule has 1 aliphatic rings. The number of halogens is 1. The van der Waals surface area contributed by atoms with Crippen LogP contribution in [0.3, 0.4) is 0 Å². The molecular weight excluding hydrogens is 303 g/mol. The van der Waals surface area contributed by atoms with Gasteiger partial charge in [0.2, 0.25) is 10.0 Å². The maximum Gasteiger partial charge on any atom is 0.243 e. The molecule has 0 unspecified atom stereocenters. The number of nitrogens with one attached hydrogen (secondary N) is 1. The lowest BCUT2D eigenvalue weighted by Crippen LogP contribution is -2.48. The third-order valence-electron chi connectivity index (χ3n) is 4.37. The lowest BCUT2D eigenvalue weighted by atomic mass is 10.0. The Morgan fingerprint density at radius 3 is 2.82 bits per heavy atom. The van der Waals surface area contributed by atoms with Gasteiger partial charge in [0, 0.05) is 18.6 Å². The van der Waals surface area contributed by atoms with Crippen molar-refractivity contribution in [3.05, 3.63) is 29.6 Å². The fraction of sp³-hybridized carbons (Fsp3) is 0.625. The largest absolute Gasteiger partial charge is 0.297 e. The Bertz CT molecular complexity index is 619. The van der Waals surface area contributed by atoms with Gasteiger partial charge in [0.05, 0.1) is 0 Å². The molecule has 1 aromatic rings. The Morgan fingerprint density at radius 1 is 1.41 bits per heavy atom. The van der Waals surface area contributed by atoms with Gasteiger partial charge in [-0.2, -0.15) is 0 Å². The van der Waals surface area contributed by atoms with E-state index < -0.39 is 15.8 Å². The molecule has 0 aliphatic carbocycles. The van der Waals surface area contributed by atoms with Gasteiger partial charge in [-0.15, -0.1) is 0 Å². The summed E-state index contributed by atoms with van der Waals surface area (Å²) < 4.78 is 40.9. The predicted octanol–water partition coefficient (Wildman–Crippen LogP) is 2.68. The number of sulfonamides is 1. The molecule has 6 heteroatoms. The SMILES string of the molecule is Cc1ccc(F)c(S(=O)(=O)NC[C@H](C)N2CCCC[C@H]2C)c1. The first kappa shape index (κ1) is 17.4. The number of likely N-dealkylation sites (tertiary alicyclic amines) is 1. The summed E-state index contributed by atoms with van der Waals surface area (Å²) in [6.45, 7) is 7.21. The van der Waals surface area contributed by atoms with E-state index in [2.05, 4.69) is 16.5 Å². The van der Waals surface area contributed by atoms with E-state index in [0.29, 0.717) is 12.6 Å². The summed E-state index contributed by atoms with van der Waals surface area (Å²) in [5.41, 5.74) is 0.722. The zero-order chi connectivity index (χ0) is 16.3. The van der Waals surface area contributed by atoms with Crippen LogP contribution in [0.1, 0.15) is 38.7 Å². The summed E-state index contributed by atoms with van der Waals surface area (Å²) in [7, 11) is -3.82. The summed E-state index contributed by atoms with van der Waals surface area (Å²) in [5, 5.41) is 0. The second-order valence-electron chi connectivity index (χ2n) is 6.22. The lowest BCUT2D eigenvalue weighted by molar-refractivity contribution is 0.116. The fourth-order valence-electron chi connectivity index (χ4n) is 3.02. The minimum atomic E-state index is -3.82. The molecule has 0 saturated carbocycles. The highest BCUT2D eigenvalue weighted by Crippen LogP contribution is 2.20. The Labute approximate surface area is 132 Å². The van der Waals surface area contributed by atoms with E-state index in [1.165, 1.54) is 18.6 Å². The van der Waals surface area contributed by atoms with Crippen molar-refractivity contribution in [2.75, 3.05) is 13.1 Å². The van der Waals surface area contributed by atoms with Crippen LogP contribution in [-0.4, -0.2) is 38.5 Å². The van der Waals surface area contributed by atoms with Crippen molar-refractivity contribution in [2.45, 2.75) is 57.0 Å². The van der Waals surface area contributed by atoms with Crippen molar-refractivity contribution >= 4 is 10.0 Å². The molecule has 0 spiro atoms. The molecule has 124 valence electrons. The normalized spacial score (nSPS) is 21.7. The van der Waals surface area contributed by atoms with Gasteiger partial charge in [0.25, 0.3) is 0 Å². The number of rotatable bonds is 5. The molecule has 1 fully saturated rings. The highest BCUT2D eigenvalue weighted by Gasteiger charge is 2.25. The highest BCUT2D eigenvalue weighted by atomic mass is 32.2. The van der Waals surface area contributed by atoms with Crippen LogP contribution in [0.15, 0.2) is 23.1 Å². The molecule has 0 radical (unpaired) electrons.